The van der Waals surface area contributed by atoms with E-state index < -0.39 is 17.0 Å². The SMILES string of the molecule is [N-]=[N+]=NC1N=C1S(=O)c1ccccc1. The zero-order valence-electron chi connectivity index (χ0n) is 7.07. The lowest BCUT2D eigenvalue weighted by atomic mass is 10.4. The van der Waals surface area contributed by atoms with E-state index in [-0.39, 0.29) is 0 Å². The Bertz CT molecular complexity index is 450. The molecule has 0 saturated carbocycles. The van der Waals surface area contributed by atoms with Crippen molar-refractivity contribution in [3.63, 3.8) is 0 Å². The molecule has 0 fully saturated rings. The van der Waals surface area contributed by atoms with Crippen LogP contribution in [0, 0.1) is 0 Å². The van der Waals surface area contributed by atoms with Crippen LogP contribution in [0.5, 0.6) is 0 Å². The standard InChI is InChI=1S/C8H6N4OS/c9-12-11-7-8(10-7)14(13)6-4-2-1-3-5-6/h1-5,7H. The molecule has 1 aliphatic heterocycles. The van der Waals surface area contributed by atoms with Crippen molar-refractivity contribution in [2.24, 2.45) is 10.1 Å². The molecule has 0 bridgehead atoms. The van der Waals surface area contributed by atoms with Gasteiger partial charge >= 0.3 is 0 Å². The zero-order valence-corrected chi connectivity index (χ0v) is 7.89. The van der Waals surface area contributed by atoms with Crippen molar-refractivity contribution in [3.05, 3.63) is 40.8 Å². The molecule has 0 spiro atoms. The van der Waals surface area contributed by atoms with Gasteiger partial charge in [0, 0.05) is 9.81 Å². The van der Waals surface area contributed by atoms with Crippen molar-refractivity contribution in [2.75, 3.05) is 0 Å². The van der Waals surface area contributed by atoms with Crippen LogP contribution in [0.1, 0.15) is 0 Å². The van der Waals surface area contributed by atoms with E-state index in [1.165, 1.54) is 0 Å². The molecule has 0 N–H and O–H groups in total. The summed E-state index contributed by atoms with van der Waals surface area (Å²) in [6, 6.07) is 8.96. The van der Waals surface area contributed by atoms with Gasteiger partial charge in [-0.1, -0.05) is 23.3 Å². The van der Waals surface area contributed by atoms with Crippen molar-refractivity contribution in [3.8, 4) is 0 Å². The predicted molar refractivity (Wildman–Crippen MR) is 53.2 cm³/mol. The molecule has 5 nitrogen and oxygen atoms in total. The fourth-order valence-corrected chi connectivity index (χ4v) is 2.10. The van der Waals surface area contributed by atoms with E-state index in [1.54, 1.807) is 24.3 Å². The number of rotatable bonds is 2. The number of aliphatic imine (C=N–C) groups is 1. The minimum absolute atomic E-state index is 0.453. The van der Waals surface area contributed by atoms with Gasteiger partial charge in [-0.2, -0.15) is 0 Å². The van der Waals surface area contributed by atoms with Gasteiger partial charge in [-0.15, -0.1) is 0 Å². The molecular formula is C8H6N4OS. The predicted octanol–water partition coefficient (Wildman–Crippen LogP) is 1.84. The van der Waals surface area contributed by atoms with E-state index in [9.17, 15) is 4.21 Å². The summed E-state index contributed by atoms with van der Waals surface area (Å²) in [6.07, 6.45) is -0.527. The van der Waals surface area contributed by atoms with Gasteiger partial charge in [0.1, 0.15) is 15.8 Å². The third-order valence-corrected chi connectivity index (χ3v) is 3.11. The Hall–Kier alpha value is -1.65. The Morgan fingerprint density at radius 3 is 2.79 bits per heavy atom. The summed E-state index contributed by atoms with van der Waals surface area (Å²) in [6.45, 7) is 0. The first kappa shape index (κ1) is 8.93. The Morgan fingerprint density at radius 1 is 1.43 bits per heavy atom. The van der Waals surface area contributed by atoms with Gasteiger partial charge in [0.15, 0.2) is 6.17 Å². The summed E-state index contributed by atoms with van der Waals surface area (Å²) in [4.78, 5) is 7.10. The van der Waals surface area contributed by atoms with Gasteiger partial charge in [-0.05, 0) is 17.7 Å². The van der Waals surface area contributed by atoms with Crippen molar-refractivity contribution in [1.29, 1.82) is 0 Å². The second kappa shape index (κ2) is 3.61. The molecule has 0 aliphatic carbocycles. The van der Waals surface area contributed by atoms with Crippen LogP contribution in [0.2, 0.25) is 0 Å². The lowest BCUT2D eigenvalue weighted by molar-refractivity contribution is 0.690. The molecule has 0 aromatic heterocycles. The van der Waals surface area contributed by atoms with Crippen LogP contribution >= 0.6 is 0 Å². The average Bonchev–Trinajstić information content (AvgIpc) is 2.98. The van der Waals surface area contributed by atoms with Crippen molar-refractivity contribution >= 4 is 15.8 Å². The van der Waals surface area contributed by atoms with Gasteiger partial charge in [0.2, 0.25) is 0 Å². The van der Waals surface area contributed by atoms with Gasteiger partial charge in [-0.3, -0.25) is 4.99 Å². The molecule has 6 heteroatoms. The third-order valence-electron chi connectivity index (χ3n) is 1.71. The second-order valence-electron chi connectivity index (χ2n) is 2.63. The van der Waals surface area contributed by atoms with E-state index in [0.717, 1.165) is 0 Å². The lowest BCUT2D eigenvalue weighted by Gasteiger charge is -1.94. The van der Waals surface area contributed by atoms with Gasteiger partial charge in [0.25, 0.3) is 0 Å². The summed E-state index contributed by atoms with van der Waals surface area (Å²) < 4.78 is 11.7. The van der Waals surface area contributed by atoms with E-state index >= 15 is 0 Å². The number of nitrogens with zero attached hydrogens (tertiary/aromatic N) is 4. The first-order valence-electron chi connectivity index (χ1n) is 3.91. The molecule has 0 amide bonds. The Kier molecular flexibility index (Phi) is 2.30. The topological polar surface area (TPSA) is 78.2 Å². The van der Waals surface area contributed by atoms with Crippen LogP contribution in [-0.2, 0) is 10.8 Å². The fraction of sp³-hybridized carbons (Fsp3) is 0.125. The Morgan fingerprint density at radius 2 is 2.14 bits per heavy atom. The summed E-state index contributed by atoms with van der Waals surface area (Å²) in [5.41, 5.74) is 8.13. The number of hydrogen-bond donors (Lipinski definition) is 0. The summed E-state index contributed by atoms with van der Waals surface area (Å²) in [7, 11) is -1.27. The van der Waals surface area contributed by atoms with Crippen LogP contribution in [0.3, 0.4) is 0 Å². The van der Waals surface area contributed by atoms with Crippen LogP contribution in [0.15, 0.2) is 45.3 Å². The normalized spacial score (nSPS) is 20.6. The maximum atomic E-state index is 11.7. The molecule has 2 unspecified atom stereocenters. The second-order valence-corrected chi connectivity index (χ2v) is 4.05. The minimum atomic E-state index is -1.27. The fourth-order valence-electron chi connectivity index (χ4n) is 1.02. The van der Waals surface area contributed by atoms with Crippen LogP contribution in [-0.4, -0.2) is 15.4 Å². The highest BCUT2D eigenvalue weighted by Crippen LogP contribution is 2.21. The monoisotopic (exact) mass is 206 g/mol. The summed E-state index contributed by atoms with van der Waals surface area (Å²) in [5.74, 6) is 0. The smallest absolute Gasteiger partial charge is 0.180 e. The highest BCUT2D eigenvalue weighted by Gasteiger charge is 2.32. The molecule has 14 heavy (non-hydrogen) atoms. The minimum Gasteiger partial charge on any atom is -0.261 e. The summed E-state index contributed by atoms with van der Waals surface area (Å²) in [5, 5.41) is 3.80. The van der Waals surface area contributed by atoms with Crippen molar-refractivity contribution < 1.29 is 4.21 Å². The largest absolute Gasteiger partial charge is 0.261 e. The molecule has 0 radical (unpaired) electrons. The van der Waals surface area contributed by atoms with Gasteiger partial charge in [0.05, 0.1) is 0 Å². The number of benzene rings is 1. The third kappa shape index (κ3) is 1.66. The highest BCUT2D eigenvalue weighted by atomic mass is 32.2. The molecule has 2 atom stereocenters. The molecule has 70 valence electrons. The maximum Gasteiger partial charge on any atom is 0.180 e. The van der Waals surface area contributed by atoms with Crippen LogP contribution in [0.4, 0.5) is 0 Å². The van der Waals surface area contributed by atoms with E-state index in [0.29, 0.717) is 9.94 Å². The molecule has 1 heterocycles. The van der Waals surface area contributed by atoms with Crippen LogP contribution in [0.25, 0.3) is 10.4 Å². The molecule has 1 aliphatic rings. The first-order chi connectivity index (χ1) is 6.83. The average molecular weight is 206 g/mol. The molecular weight excluding hydrogens is 200 g/mol. The molecule has 0 saturated heterocycles. The number of azide groups is 1. The lowest BCUT2D eigenvalue weighted by Crippen LogP contribution is -2.02. The zero-order chi connectivity index (χ0) is 9.97. The summed E-state index contributed by atoms with van der Waals surface area (Å²) >= 11 is 0. The Balaban J connectivity index is 2.13. The van der Waals surface area contributed by atoms with Gasteiger partial charge < -0.3 is 0 Å². The van der Waals surface area contributed by atoms with Crippen molar-refractivity contribution in [1.82, 2.24) is 0 Å². The molecule has 2 rings (SSSR count). The van der Waals surface area contributed by atoms with Crippen molar-refractivity contribution in [2.45, 2.75) is 11.1 Å². The van der Waals surface area contributed by atoms with E-state index in [4.69, 9.17) is 5.53 Å². The van der Waals surface area contributed by atoms with E-state index in [1.807, 2.05) is 6.07 Å². The first-order valence-corrected chi connectivity index (χ1v) is 5.06. The van der Waals surface area contributed by atoms with Gasteiger partial charge in [-0.25, -0.2) is 4.21 Å². The highest BCUT2D eigenvalue weighted by molar-refractivity contribution is 8.01. The van der Waals surface area contributed by atoms with E-state index in [2.05, 4.69) is 15.0 Å². The Labute approximate surface area is 82.6 Å². The maximum absolute atomic E-state index is 11.7. The molecule has 1 aromatic rings. The molecule has 1 aromatic carbocycles. The number of hydrogen-bond acceptors (Lipinski definition) is 3. The van der Waals surface area contributed by atoms with Crippen LogP contribution < -0.4 is 0 Å². The quantitative estimate of drug-likeness (QED) is 0.413.